The van der Waals surface area contributed by atoms with Crippen LogP contribution in [-0.4, -0.2) is 16.2 Å². The third kappa shape index (κ3) is 3.10. The fraction of sp³-hybridized carbons (Fsp3) is 0.0909. The zero-order valence-corrected chi connectivity index (χ0v) is 11.0. The Labute approximate surface area is 110 Å². The van der Waals surface area contributed by atoms with Crippen LogP contribution in [0, 0.1) is 0 Å². The monoisotopic (exact) mass is 313 g/mol. The van der Waals surface area contributed by atoms with Crippen LogP contribution in [0.5, 0.6) is 0 Å². The first-order chi connectivity index (χ1) is 8.16. The Hall–Kier alpha value is -1.27. The summed E-state index contributed by atoms with van der Waals surface area (Å²) in [6, 6.07) is 7.00. The summed E-state index contributed by atoms with van der Waals surface area (Å²) in [6.07, 6.45) is 1.58. The molecule has 0 spiro atoms. The Balaban J connectivity index is 2.11. The van der Waals surface area contributed by atoms with Crippen molar-refractivity contribution in [3.05, 3.63) is 46.3 Å². The molecule has 1 aromatic carbocycles. The first-order valence-corrected chi connectivity index (χ1v) is 6.50. The van der Waals surface area contributed by atoms with Crippen molar-refractivity contribution < 1.29 is 14.4 Å². The van der Waals surface area contributed by atoms with Crippen LogP contribution < -0.4 is 0 Å². The van der Waals surface area contributed by atoms with Crippen LogP contribution in [0.4, 0.5) is 0 Å². The molecule has 0 amide bonds. The molecule has 1 N–H and O–H groups in total. The second-order valence-corrected chi connectivity index (χ2v) is 5.12. The molecule has 0 saturated heterocycles. The van der Waals surface area contributed by atoms with Gasteiger partial charge in [-0.25, -0.2) is 4.79 Å². The maximum absolute atomic E-state index is 10.9. The number of thioether (sulfide) groups is 1. The lowest BCUT2D eigenvalue weighted by Crippen LogP contribution is -1.97. The van der Waals surface area contributed by atoms with Crippen LogP contribution in [-0.2, 0) is 5.75 Å². The van der Waals surface area contributed by atoms with Crippen molar-refractivity contribution in [1.29, 1.82) is 0 Å². The zero-order chi connectivity index (χ0) is 12.3. The Morgan fingerprint density at radius 1 is 1.47 bits per heavy atom. The normalized spacial score (nSPS) is 10.4. The molecule has 88 valence electrons. The number of carboxylic acids is 1. The first-order valence-electron chi connectivity index (χ1n) is 4.72. The van der Waals surface area contributed by atoms with Gasteiger partial charge >= 0.3 is 5.97 Å². The molecule has 0 aliphatic rings. The lowest BCUT2D eigenvalue weighted by molar-refractivity contribution is 0.0695. The van der Waals surface area contributed by atoms with Crippen molar-refractivity contribution in [1.82, 2.24) is 5.16 Å². The summed E-state index contributed by atoms with van der Waals surface area (Å²) < 4.78 is 5.54. The fourth-order valence-corrected chi connectivity index (χ4v) is 2.47. The molecule has 0 radical (unpaired) electrons. The van der Waals surface area contributed by atoms with Gasteiger partial charge in [0.2, 0.25) is 0 Å². The number of carboxylic acid groups (broad SMARTS) is 1. The number of hydrogen-bond donors (Lipinski definition) is 1. The second-order valence-electron chi connectivity index (χ2n) is 3.21. The van der Waals surface area contributed by atoms with E-state index >= 15 is 0 Å². The average molecular weight is 314 g/mol. The number of hydrogen-bond acceptors (Lipinski definition) is 4. The minimum absolute atomic E-state index is 0.257. The summed E-state index contributed by atoms with van der Waals surface area (Å²) in [5.74, 6) is 0.439. The summed E-state index contributed by atoms with van der Waals surface area (Å²) in [5.41, 5.74) is 0.257. The van der Waals surface area contributed by atoms with Crippen LogP contribution in [0.2, 0.25) is 0 Å². The molecule has 0 atom stereocenters. The molecule has 0 unspecified atom stereocenters. The van der Waals surface area contributed by atoms with E-state index in [1.165, 1.54) is 11.8 Å². The van der Waals surface area contributed by atoms with Gasteiger partial charge in [-0.1, -0.05) is 5.16 Å². The van der Waals surface area contributed by atoms with Gasteiger partial charge in [-0.2, -0.15) is 0 Å². The van der Waals surface area contributed by atoms with E-state index in [2.05, 4.69) is 21.1 Å². The van der Waals surface area contributed by atoms with Crippen molar-refractivity contribution in [3.8, 4) is 0 Å². The third-order valence-electron chi connectivity index (χ3n) is 2.04. The van der Waals surface area contributed by atoms with Gasteiger partial charge in [0.1, 0.15) is 5.76 Å². The number of aromatic nitrogens is 1. The number of rotatable bonds is 4. The average Bonchev–Trinajstić information content (AvgIpc) is 2.80. The minimum atomic E-state index is -0.945. The minimum Gasteiger partial charge on any atom is -0.478 e. The highest BCUT2D eigenvalue weighted by Crippen LogP contribution is 2.27. The largest absolute Gasteiger partial charge is 0.478 e. The molecule has 1 aromatic heterocycles. The van der Waals surface area contributed by atoms with Gasteiger partial charge in [0.25, 0.3) is 0 Å². The second kappa shape index (κ2) is 5.37. The quantitative estimate of drug-likeness (QED) is 0.876. The van der Waals surface area contributed by atoms with Gasteiger partial charge in [-0.3, -0.25) is 0 Å². The van der Waals surface area contributed by atoms with Crippen molar-refractivity contribution in [2.24, 2.45) is 0 Å². The van der Waals surface area contributed by atoms with E-state index in [-0.39, 0.29) is 5.56 Å². The standard InChI is InChI=1S/C11H8BrNO3S/c12-10-2-1-8(5-9(10)11(14)15)17-6-7-3-4-13-16-7/h1-5H,6H2,(H,14,15). The summed E-state index contributed by atoms with van der Waals surface area (Å²) in [6.45, 7) is 0. The Morgan fingerprint density at radius 3 is 2.94 bits per heavy atom. The van der Waals surface area contributed by atoms with Crippen LogP contribution in [0.25, 0.3) is 0 Å². The molecule has 1 heterocycles. The molecule has 2 rings (SSSR count). The highest BCUT2D eigenvalue weighted by atomic mass is 79.9. The molecular formula is C11H8BrNO3S. The van der Waals surface area contributed by atoms with E-state index in [4.69, 9.17) is 9.63 Å². The summed E-state index contributed by atoms with van der Waals surface area (Å²) in [7, 11) is 0. The molecule has 0 saturated carbocycles. The van der Waals surface area contributed by atoms with Crippen molar-refractivity contribution in [2.45, 2.75) is 10.6 Å². The maximum Gasteiger partial charge on any atom is 0.336 e. The van der Waals surface area contributed by atoms with Gasteiger partial charge in [0.05, 0.1) is 17.5 Å². The number of aromatic carboxylic acids is 1. The summed E-state index contributed by atoms with van der Waals surface area (Å²) >= 11 is 4.70. The van der Waals surface area contributed by atoms with Crippen LogP contribution >= 0.6 is 27.7 Å². The van der Waals surface area contributed by atoms with Crippen LogP contribution in [0.3, 0.4) is 0 Å². The van der Waals surface area contributed by atoms with Gasteiger partial charge in [-0.05, 0) is 34.1 Å². The Kier molecular flexibility index (Phi) is 3.86. The van der Waals surface area contributed by atoms with Crippen molar-refractivity contribution in [2.75, 3.05) is 0 Å². The first kappa shape index (κ1) is 12.2. The van der Waals surface area contributed by atoms with E-state index in [1.54, 1.807) is 24.4 Å². The van der Waals surface area contributed by atoms with E-state index in [0.717, 1.165) is 10.7 Å². The molecule has 17 heavy (non-hydrogen) atoms. The lowest BCUT2D eigenvalue weighted by atomic mass is 10.2. The van der Waals surface area contributed by atoms with Crippen molar-refractivity contribution >= 4 is 33.7 Å². The number of carbonyl (C=O) groups is 1. The number of benzene rings is 1. The highest BCUT2D eigenvalue weighted by Gasteiger charge is 2.09. The predicted molar refractivity (Wildman–Crippen MR) is 67.2 cm³/mol. The topological polar surface area (TPSA) is 63.3 Å². The Bertz CT molecular complexity index is 528. The van der Waals surface area contributed by atoms with Gasteiger partial charge in [0.15, 0.2) is 0 Å². The molecule has 0 fully saturated rings. The van der Waals surface area contributed by atoms with E-state index in [9.17, 15) is 4.79 Å². The fourth-order valence-electron chi connectivity index (χ4n) is 1.23. The van der Waals surface area contributed by atoms with Crippen molar-refractivity contribution in [3.63, 3.8) is 0 Å². The van der Waals surface area contributed by atoms with Gasteiger partial charge < -0.3 is 9.63 Å². The maximum atomic E-state index is 10.9. The molecule has 0 aliphatic carbocycles. The highest BCUT2D eigenvalue weighted by molar-refractivity contribution is 9.10. The Morgan fingerprint density at radius 2 is 2.29 bits per heavy atom. The predicted octanol–water partition coefficient (Wildman–Crippen LogP) is 3.43. The zero-order valence-electron chi connectivity index (χ0n) is 8.59. The lowest BCUT2D eigenvalue weighted by Gasteiger charge is -2.03. The molecule has 2 aromatic rings. The number of nitrogens with zero attached hydrogens (tertiary/aromatic N) is 1. The molecule has 0 bridgehead atoms. The smallest absolute Gasteiger partial charge is 0.336 e. The number of halogens is 1. The van der Waals surface area contributed by atoms with E-state index in [0.29, 0.717) is 10.2 Å². The third-order valence-corrected chi connectivity index (χ3v) is 3.75. The van der Waals surface area contributed by atoms with Crippen LogP contribution in [0.1, 0.15) is 16.1 Å². The molecule has 0 aliphatic heterocycles. The molecule has 6 heteroatoms. The SMILES string of the molecule is O=C(O)c1cc(SCc2ccno2)ccc1Br. The summed E-state index contributed by atoms with van der Waals surface area (Å²) in [5, 5.41) is 12.6. The van der Waals surface area contributed by atoms with Crippen LogP contribution in [0.15, 0.2) is 44.4 Å². The summed E-state index contributed by atoms with van der Waals surface area (Å²) in [4.78, 5) is 11.8. The van der Waals surface area contributed by atoms with Gasteiger partial charge in [0, 0.05) is 15.4 Å². The van der Waals surface area contributed by atoms with E-state index < -0.39 is 5.97 Å². The van der Waals surface area contributed by atoms with E-state index in [1.807, 2.05) is 6.07 Å². The molecular weight excluding hydrogens is 306 g/mol. The molecule has 4 nitrogen and oxygen atoms in total. The van der Waals surface area contributed by atoms with Gasteiger partial charge in [-0.15, -0.1) is 11.8 Å².